The lowest BCUT2D eigenvalue weighted by molar-refractivity contribution is 0.282. The van der Waals surface area contributed by atoms with Gasteiger partial charge in [-0.1, -0.05) is 63.1 Å². The highest BCUT2D eigenvalue weighted by Crippen LogP contribution is 2.23. The number of benzene rings is 1. The monoisotopic (exact) mass is 261 g/mol. The highest BCUT2D eigenvalue weighted by Gasteiger charge is 2.09. The van der Waals surface area contributed by atoms with Gasteiger partial charge in [0.2, 0.25) is 0 Å². The molecular weight excluding hydrogens is 234 g/mol. The lowest BCUT2D eigenvalue weighted by Crippen LogP contribution is -2.10. The van der Waals surface area contributed by atoms with Gasteiger partial charge in [-0.3, -0.25) is 0 Å². The molecule has 1 aromatic carbocycles. The third-order valence-electron chi connectivity index (χ3n) is 3.72. The molecule has 0 amide bonds. The molecule has 2 heteroatoms. The van der Waals surface area contributed by atoms with Crippen molar-refractivity contribution in [1.29, 1.82) is 0 Å². The second-order valence-electron chi connectivity index (χ2n) is 5.23. The van der Waals surface area contributed by atoms with Gasteiger partial charge >= 0.3 is 0 Å². The van der Waals surface area contributed by atoms with Crippen LogP contribution >= 0.6 is 0 Å². The number of aliphatic hydroxyl groups is 1. The van der Waals surface area contributed by atoms with Crippen molar-refractivity contribution in [2.24, 2.45) is 11.7 Å². The predicted molar refractivity (Wildman–Crippen MR) is 81.7 cm³/mol. The van der Waals surface area contributed by atoms with E-state index in [0.29, 0.717) is 5.92 Å². The van der Waals surface area contributed by atoms with E-state index in [2.05, 4.69) is 26.8 Å². The number of aliphatic hydroxyl groups excluding tert-OH is 1. The van der Waals surface area contributed by atoms with Crippen LogP contribution in [0.25, 0.3) is 0 Å². The number of allylic oxidation sites excluding steroid dienone is 1. The molecule has 0 aliphatic carbocycles. The van der Waals surface area contributed by atoms with Crippen molar-refractivity contribution in [2.75, 3.05) is 0 Å². The summed E-state index contributed by atoms with van der Waals surface area (Å²) in [5, 5.41) is 9.04. The number of hydrogen-bond donors (Lipinski definition) is 2. The van der Waals surface area contributed by atoms with Crippen LogP contribution in [0.2, 0.25) is 0 Å². The first-order valence-electron chi connectivity index (χ1n) is 7.28. The van der Waals surface area contributed by atoms with E-state index in [-0.39, 0.29) is 12.6 Å². The third kappa shape index (κ3) is 4.81. The van der Waals surface area contributed by atoms with E-state index in [4.69, 9.17) is 10.8 Å². The molecule has 2 nitrogen and oxygen atoms in total. The Morgan fingerprint density at radius 2 is 1.89 bits per heavy atom. The van der Waals surface area contributed by atoms with Gasteiger partial charge in [-0.2, -0.15) is 0 Å². The molecule has 0 aliphatic rings. The average molecular weight is 261 g/mol. The van der Waals surface area contributed by atoms with E-state index < -0.39 is 0 Å². The maximum atomic E-state index is 9.04. The fourth-order valence-corrected chi connectivity index (χ4v) is 2.22. The molecule has 1 rings (SSSR count). The van der Waals surface area contributed by atoms with Crippen molar-refractivity contribution in [3.8, 4) is 0 Å². The Labute approximate surface area is 117 Å². The maximum absolute atomic E-state index is 9.04. The Balaban J connectivity index is 2.86. The molecule has 0 fully saturated rings. The Bertz CT molecular complexity index is 394. The van der Waals surface area contributed by atoms with Crippen LogP contribution in [0, 0.1) is 5.92 Å². The summed E-state index contributed by atoms with van der Waals surface area (Å²) in [6, 6.07) is 7.83. The second kappa shape index (κ2) is 8.13. The number of hydrogen-bond acceptors (Lipinski definition) is 2. The summed E-state index contributed by atoms with van der Waals surface area (Å²) in [6.45, 7) is 6.77. The lowest BCUT2D eigenvalue weighted by Gasteiger charge is -2.17. The summed E-state index contributed by atoms with van der Waals surface area (Å²) in [6.07, 6.45) is 5.65. The molecule has 106 valence electrons. The van der Waals surface area contributed by atoms with Crippen LogP contribution in [0.4, 0.5) is 0 Å². The van der Waals surface area contributed by atoms with Gasteiger partial charge in [-0.05, 0) is 29.9 Å². The van der Waals surface area contributed by atoms with Gasteiger partial charge in [-0.25, -0.2) is 0 Å². The number of rotatable bonds is 7. The van der Waals surface area contributed by atoms with E-state index in [1.54, 1.807) is 0 Å². The number of nitrogens with two attached hydrogens (primary N) is 1. The molecule has 0 saturated heterocycles. The van der Waals surface area contributed by atoms with Crippen LogP contribution in [0.1, 0.15) is 57.2 Å². The summed E-state index contributed by atoms with van der Waals surface area (Å²) in [7, 11) is 0. The zero-order valence-corrected chi connectivity index (χ0v) is 12.4. The molecule has 0 aliphatic heterocycles. The quantitative estimate of drug-likeness (QED) is 0.730. The zero-order valence-electron chi connectivity index (χ0n) is 12.4. The van der Waals surface area contributed by atoms with E-state index in [0.717, 1.165) is 30.4 Å². The van der Waals surface area contributed by atoms with E-state index in [1.165, 1.54) is 5.57 Å². The standard InChI is InChI=1S/C17H27NO/c1-4-6-16(13(3)5-2)11-17(18)15-9-7-14(12-19)8-10-15/h7-11,13,17,19H,4-6,12,18H2,1-3H3/b16-11-. The molecule has 0 saturated carbocycles. The Morgan fingerprint density at radius 3 is 2.37 bits per heavy atom. The van der Waals surface area contributed by atoms with Crippen molar-refractivity contribution in [3.63, 3.8) is 0 Å². The second-order valence-corrected chi connectivity index (χ2v) is 5.23. The van der Waals surface area contributed by atoms with Gasteiger partial charge in [0.05, 0.1) is 6.61 Å². The first kappa shape index (κ1) is 15.9. The minimum Gasteiger partial charge on any atom is -0.392 e. The first-order chi connectivity index (χ1) is 9.12. The molecule has 2 atom stereocenters. The van der Waals surface area contributed by atoms with Crippen molar-refractivity contribution >= 4 is 0 Å². The van der Waals surface area contributed by atoms with Gasteiger partial charge < -0.3 is 10.8 Å². The third-order valence-corrected chi connectivity index (χ3v) is 3.72. The molecule has 2 unspecified atom stereocenters. The summed E-state index contributed by atoms with van der Waals surface area (Å²) in [5.74, 6) is 0.600. The van der Waals surface area contributed by atoms with Gasteiger partial charge in [-0.15, -0.1) is 0 Å². The van der Waals surface area contributed by atoms with Crippen molar-refractivity contribution in [1.82, 2.24) is 0 Å². The van der Waals surface area contributed by atoms with Gasteiger partial charge in [0.1, 0.15) is 0 Å². The maximum Gasteiger partial charge on any atom is 0.0681 e. The molecule has 0 spiro atoms. The molecule has 0 radical (unpaired) electrons. The minimum absolute atomic E-state index is 0.0525. The molecule has 19 heavy (non-hydrogen) atoms. The first-order valence-corrected chi connectivity index (χ1v) is 7.28. The van der Waals surface area contributed by atoms with Crippen LogP contribution in [0.3, 0.4) is 0 Å². The predicted octanol–water partition coefficient (Wildman–Crippen LogP) is 3.95. The molecule has 3 N–H and O–H groups in total. The van der Waals surface area contributed by atoms with Crippen LogP contribution < -0.4 is 5.73 Å². The highest BCUT2D eigenvalue weighted by molar-refractivity contribution is 5.28. The normalized spacial score (nSPS) is 15.3. The fourth-order valence-electron chi connectivity index (χ4n) is 2.22. The lowest BCUT2D eigenvalue weighted by atomic mass is 9.91. The average Bonchev–Trinajstić information content (AvgIpc) is 2.46. The van der Waals surface area contributed by atoms with E-state index >= 15 is 0 Å². The van der Waals surface area contributed by atoms with Crippen molar-refractivity contribution in [3.05, 3.63) is 47.0 Å². The molecule has 0 bridgehead atoms. The van der Waals surface area contributed by atoms with E-state index in [1.807, 2.05) is 24.3 Å². The van der Waals surface area contributed by atoms with Gasteiger partial charge in [0.15, 0.2) is 0 Å². The highest BCUT2D eigenvalue weighted by atomic mass is 16.3. The Morgan fingerprint density at radius 1 is 1.26 bits per heavy atom. The summed E-state index contributed by atoms with van der Waals surface area (Å²) in [5.41, 5.74) is 9.77. The van der Waals surface area contributed by atoms with Gasteiger partial charge in [0, 0.05) is 6.04 Å². The topological polar surface area (TPSA) is 46.2 Å². The molecular formula is C17H27NO. The smallest absolute Gasteiger partial charge is 0.0681 e. The van der Waals surface area contributed by atoms with E-state index in [9.17, 15) is 0 Å². The largest absolute Gasteiger partial charge is 0.392 e. The fraction of sp³-hybridized carbons (Fsp3) is 0.529. The van der Waals surface area contributed by atoms with Crippen LogP contribution in [-0.4, -0.2) is 5.11 Å². The van der Waals surface area contributed by atoms with Crippen LogP contribution in [-0.2, 0) is 6.61 Å². The molecule has 1 aromatic rings. The van der Waals surface area contributed by atoms with Crippen LogP contribution in [0.15, 0.2) is 35.9 Å². The molecule has 0 aromatic heterocycles. The van der Waals surface area contributed by atoms with Crippen LogP contribution in [0.5, 0.6) is 0 Å². The summed E-state index contributed by atoms with van der Waals surface area (Å²) >= 11 is 0. The Hall–Kier alpha value is -1.12. The zero-order chi connectivity index (χ0) is 14.3. The minimum atomic E-state index is -0.0525. The Kier molecular flexibility index (Phi) is 6.82. The van der Waals surface area contributed by atoms with Gasteiger partial charge in [0.25, 0.3) is 0 Å². The SMILES string of the molecule is CCC/C(=C/C(N)c1ccc(CO)cc1)C(C)CC. The van der Waals surface area contributed by atoms with Crippen molar-refractivity contribution in [2.45, 2.75) is 52.7 Å². The van der Waals surface area contributed by atoms with Crippen molar-refractivity contribution < 1.29 is 5.11 Å². The summed E-state index contributed by atoms with van der Waals surface area (Å²) < 4.78 is 0. The summed E-state index contributed by atoms with van der Waals surface area (Å²) in [4.78, 5) is 0. The molecule has 0 heterocycles.